The molecule has 0 saturated carbocycles. The summed E-state index contributed by atoms with van der Waals surface area (Å²) in [5.74, 6) is 1.30. The topological polar surface area (TPSA) is 75.3 Å². The lowest BCUT2D eigenvalue weighted by Crippen LogP contribution is -2.36. The van der Waals surface area contributed by atoms with E-state index in [1.807, 2.05) is 0 Å². The number of aromatic amines is 1. The van der Waals surface area contributed by atoms with Gasteiger partial charge in [0.15, 0.2) is 6.04 Å². The predicted octanol–water partition coefficient (Wildman–Crippen LogP) is 1.33. The quantitative estimate of drug-likeness (QED) is 0.682. The normalized spacial score (nSPS) is 11.3. The molecule has 0 aliphatic carbocycles. The number of hydrogen-bond acceptors (Lipinski definition) is 4. The fourth-order valence-electron chi connectivity index (χ4n) is 2.03. The summed E-state index contributed by atoms with van der Waals surface area (Å²) in [7, 11) is 2.77. The number of imidazole rings is 1. The molecule has 0 spiro atoms. The van der Waals surface area contributed by atoms with Gasteiger partial charge in [-0.2, -0.15) is 0 Å². The average molecular weight is 296 g/mol. The zero-order chi connectivity index (χ0) is 16.1. The van der Waals surface area contributed by atoms with Crippen molar-refractivity contribution < 1.29 is 14.3 Å². The van der Waals surface area contributed by atoms with Gasteiger partial charge >= 0.3 is 5.97 Å². The number of rotatable bonds is 4. The molecular formula is C16H14N3O3. The third-order valence-electron chi connectivity index (χ3n) is 3.21. The Morgan fingerprint density at radius 3 is 2.55 bits per heavy atom. The number of methoxy groups -OCH3 is 1. The Bertz CT molecular complexity index is 699. The first kappa shape index (κ1) is 15.3. The van der Waals surface area contributed by atoms with Crippen molar-refractivity contribution in [2.24, 2.45) is 0 Å². The van der Waals surface area contributed by atoms with Gasteiger partial charge in [-0.1, -0.05) is 5.92 Å². The molecule has 1 N–H and O–H groups in total. The fraction of sp³-hybridized carbons (Fsp3) is 0.188. The van der Waals surface area contributed by atoms with Crippen LogP contribution in [0.5, 0.6) is 0 Å². The number of H-pyrrole nitrogens is 1. The second-order valence-electron chi connectivity index (χ2n) is 4.54. The molecule has 1 radical (unpaired) electrons. The van der Waals surface area contributed by atoms with Gasteiger partial charge in [-0.05, 0) is 30.7 Å². The van der Waals surface area contributed by atoms with Gasteiger partial charge in [-0.25, -0.2) is 9.78 Å². The van der Waals surface area contributed by atoms with Crippen LogP contribution in [-0.4, -0.2) is 40.9 Å². The lowest BCUT2D eigenvalue weighted by atomic mass is 10.1. The minimum Gasteiger partial charge on any atom is -0.467 e. The number of amides is 1. The van der Waals surface area contributed by atoms with Gasteiger partial charge in [-0.3, -0.25) is 4.79 Å². The van der Waals surface area contributed by atoms with Crippen LogP contribution in [0.1, 0.15) is 27.7 Å². The first-order valence-corrected chi connectivity index (χ1v) is 6.45. The van der Waals surface area contributed by atoms with Crippen molar-refractivity contribution in [2.45, 2.75) is 6.04 Å². The van der Waals surface area contributed by atoms with E-state index >= 15 is 0 Å². The molecule has 1 amide bonds. The highest BCUT2D eigenvalue weighted by Crippen LogP contribution is 2.21. The van der Waals surface area contributed by atoms with Crippen LogP contribution in [0.15, 0.2) is 36.8 Å². The molecule has 0 aliphatic heterocycles. The molecule has 1 aromatic heterocycles. The molecule has 1 aromatic carbocycles. The van der Waals surface area contributed by atoms with Crippen LogP contribution in [0, 0.1) is 12.3 Å². The molecule has 22 heavy (non-hydrogen) atoms. The molecule has 1 atom stereocenters. The monoisotopic (exact) mass is 296 g/mol. The number of nitrogens with zero attached hydrogens (tertiary/aromatic N) is 2. The summed E-state index contributed by atoms with van der Waals surface area (Å²) in [4.78, 5) is 32.5. The van der Waals surface area contributed by atoms with Gasteiger partial charge in [0.1, 0.15) is 0 Å². The number of ether oxygens (including phenoxy) is 1. The van der Waals surface area contributed by atoms with E-state index in [4.69, 9.17) is 11.2 Å². The van der Waals surface area contributed by atoms with Crippen LogP contribution >= 0.6 is 0 Å². The van der Waals surface area contributed by atoms with E-state index in [2.05, 4.69) is 15.9 Å². The fourth-order valence-corrected chi connectivity index (χ4v) is 2.03. The number of carbonyl (C=O) groups is 2. The van der Waals surface area contributed by atoms with E-state index in [-0.39, 0.29) is 5.91 Å². The summed E-state index contributed by atoms with van der Waals surface area (Å²) in [5, 5.41) is 0. The molecule has 6 heteroatoms. The first-order valence-electron chi connectivity index (χ1n) is 6.45. The van der Waals surface area contributed by atoms with Crippen molar-refractivity contribution >= 4 is 11.9 Å². The van der Waals surface area contributed by atoms with Crippen molar-refractivity contribution in [3.63, 3.8) is 0 Å². The van der Waals surface area contributed by atoms with E-state index in [1.165, 1.54) is 25.4 Å². The number of esters is 1. The van der Waals surface area contributed by atoms with Crippen molar-refractivity contribution in [3.05, 3.63) is 60.0 Å². The maximum atomic E-state index is 12.5. The van der Waals surface area contributed by atoms with Gasteiger partial charge in [-0.15, -0.1) is 0 Å². The Hall–Kier alpha value is -3.07. The SMILES string of the molecule is [C]#Cc1ccc(C(=O)N(C)C(C(=O)OC)c2c[nH]cn2)cc1. The third kappa shape index (κ3) is 2.99. The first-order chi connectivity index (χ1) is 10.6. The Balaban J connectivity index is 2.29. The molecule has 2 aromatic rings. The van der Waals surface area contributed by atoms with Crippen molar-refractivity contribution in [1.82, 2.24) is 14.9 Å². The van der Waals surface area contributed by atoms with Crippen LogP contribution < -0.4 is 0 Å². The van der Waals surface area contributed by atoms with Gasteiger partial charge in [0, 0.05) is 24.4 Å². The number of likely N-dealkylation sites (N-methyl/N-ethyl adjacent to an activating group) is 1. The van der Waals surface area contributed by atoms with Gasteiger partial charge in [0.2, 0.25) is 0 Å². The predicted molar refractivity (Wildman–Crippen MR) is 78.1 cm³/mol. The minimum absolute atomic E-state index is 0.352. The second-order valence-corrected chi connectivity index (χ2v) is 4.54. The smallest absolute Gasteiger partial charge is 0.334 e. The summed E-state index contributed by atoms with van der Waals surface area (Å²) in [6.07, 6.45) is 10.0. The van der Waals surface area contributed by atoms with Crippen molar-refractivity contribution in [1.29, 1.82) is 0 Å². The number of benzene rings is 1. The van der Waals surface area contributed by atoms with Crippen molar-refractivity contribution in [3.8, 4) is 5.92 Å². The molecule has 6 nitrogen and oxygen atoms in total. The largest absolute Gasteiger partial charge is 0.467 e. The summed E-state index contributed by atoms with van der Waals surface area (Å²) in [6.45, 7) is 0. The number of aromatic nitrogens is 2. The van der Waals surface area contributed by atoms with E-state index in [9.17, 15) is 9.59 Å². The highest BCUT2D eigenvalue weighted by Gasteiger charge is 2.31. The summed E-state index contributed by atoms with van der Waals surface area (Å²) in [5.41, 5.74) is 1.36. The summed E-state index contributed by atoms with van der Waals surface area (Å²) in [6, 6.07) is 5.44. The molecule has 1 heterocycles. The van der Waals surface area contributed by atoms with Gasteiger partial charge < -0.3 is 14.6 Å². The zero-order valence-corrected chi connectivity index (χ0v) is 12.2. The number of hydrogen-bond donors (Lipinski definition) is 1. The lowest BCUT2D eigenvalue weighted by molar-refractivity contribution is -0.146. The molecule has 0 bridgehead atoms. The Morgan fingerprint density at radius 2 is 2.05 bits per heavy atom. The Kier molecular flexibility index (Phi) is 4.59. The number of carbonyl (C=O) groups excluding carboxylic acids is 2. The Labute approximate surface area is 128 Å². The highest BCUT2D eigenvalue weighted by molar-refractivity contribution is 5.96. The van der Waals surface area contributed by atoms with Crippen LogP contribution in [0.4, 0.5) is 0 Å². The van der Waals surface area contributed by atoms with Crippen LogP contribution in [0.25, 0.3) is 0 Å². The standard InChI is InChI=1S/C16H14N3O3/c1-4-11-5-7-12(8-6-11)15(20)19(2)14(16(21)22-3)13-9-17-10-18-13/h5-10,14H,2-3H3,(H,17,18). The van der Waals surface area contributed by atoms with Gasteiger partial charge in [0.25, 0.3) is 5.91 Å². The molecule has 0 saturated heterocycles. The highest BCUT2D eigenvalue weighted by atomic mass is 16.5. The van der Waals surface area contributed by atoms with E-state index < -0.39 is 12.0 Å². The maximum absolute atomic E-state index is 12.5. The molecular weight excluding hydrogens is 282 g/mol. The molecule has 0 aliphatic rings. The maximum Gasteiger partial charge on any atom is 0.334 e. The molecule has 111 valence electrons. The molecule has 1 unspecified atom stereocenters. The molecule has 2 rings (SSSR count). The van der Waals surface area contributed by atoms with Crippen molar-refractivity contribution in [2.75, 3.05) is 14.2 Å². The molecule has 0 fully saturated rings. The summed E-state index contributed by atoms with van der Waals surface area (Å²) < 4.78 is 4.76. The van der Waals surface area contributed by atoms with Crippen LogP contribution in [0.2, 0.25) is 0 Å². The third-order valence-corrected chi connectivity index (χ3v) is 3.21. The van der Waals surface area contributed by atoms with Gasteiger partial charge in [0.05, 0.1) is 19.1 Å². The minimum atomic E-state index is -0.933. The lowest BCUT2D eigenvalue weighted by Gasteiger charge is -2.24. The summed E-state index contributed by atoms with van der Waals surface area (Å²) >= 11 is 0. The second kappa shape index (κ2) is 6.59. The van der Waals surface area contributed by atoms with E-state index in [0.717, 1.165) is 0 Å². The zero-order valence-electron chi connectivity index (χ0n) is 12.2. The average Bonchev–Trinajstić information content (AvgIpc) is 3.08. The van der Waals surface area contributed by atoms with Crippen LogP contribution in [-0.2, 0) is 9.53 Å². The van der Waals surface area contributed by atoms with Crippen LogP contribution in [0.3, 0.4) is 0 Å². The van der Waals surface area contributed by atoms with E-state index in [0.29, 0.717) is 16.8 Å². The Morgan fingerprint density at radius 1 is 1.36 bits per heavy atom. The number of nitrogens with one attached hydrogen (secondary N) is 1. The van der Waals surface area contributed by atoms with E-state index in [1.54, 1.807) is 30.5 Å².